The smallest absolute Gasteiger partial charge is 0.234 e. The maximum Gasteiger partial charge on any atom is 0.234 e. The van der Waals surface area contributed by atoms with Gasteiger partial charge < -0.3 is 10.5 Å². The Morgan fingerprint density at radius 3 is 2.27 bits per heavy atom. The normalized spacial score (nSPS) is 12.0. The highest BCUT2D eigenvalue weighted by atomic mass is 16.4. The molecule has 0 bridgehead atoms. The van der Waals surface area contributed by atoms with Crippen molar-refractivity contribution < 1.29 is 10.0 Å². The van der Waals surface area contributed by atoms with Gasteiger partial charge in [0.2, 0.25) is 5.91 Å². The van der Waals surface area contributed by atoms with Crippen molar-refractivity contribution in [3.8, 4) is 0 Å². The van der Waals surface area contributed by atoms with E-state index in [4.69, 9.17) is 5.21 Å². The highest BCUT2D eigenvalue weighted by Gasteiger charge is 2.30. The number of oxime groups is 1. The highest BCUT2D eigenvalue weighted by molar-refractivity contribution is 6.07. The highest BCUT2D eigenvalue weighted by Crippen LogP contribution is 2.26. The molecule has 0 aromatic heterocycles. The number of hydrogen-bond donors (Lipinski definition) is 2. The van der Waals surface area contributed by atoms with E-state index in [0.717, 1.165) is 5.56 Å². The Morgan fingerprint density at radius 1 is 1.05 bits per heavy atom. The van der Waals surface area contributed by atoms with Gasteiger partial charge in [0.15, 0.2) is 0 Å². The molecule has 4 heteroatoms. The van der Waals surface area contributed by atoms with Gasteiger partial charge in [-0.15, -0.1) is 0 Å². The number of hydrogen-bond acceptors (Lipinski definition) is 3. The van der Waals surface area contributed by atoms with Gasteiger partial charge >= 0.3 is 0 Å². The maximum absolute atomic E-state index is 12.7. The summed E-state index contributed by atoms with van der Waals surface area (Å²) in [7, 11) is 0. The molecule has 0 heterocycles. The number of rotatable bonds is 4. The number of benzene rings is 2. The molecular formula is C18H20N2O2. The van der Waals surface area contributed by atoms with E-state index >= 15 is 0 Å². The van der Waals surface area contributed by atoms with Crippen LogP contribution in [0.2, 0.25) is 0 Å². The van der Waals surface area contributed by atoms with Crippen molar-refractivity contribution in [2.24, 2.45) is 5.16 Å². The lowest BCUT2D eigenvalue weighted by molar-refractivity contribution is -0.120. The zero-order valence-electron chi connectivity index (χ0n) is 13.0. The third kappa shape index (κ3) is 3.17. The fourth-order valence-electron chi connectivity index (χ4n) is 2.23. The predicted octanol–water partition coefficient (Wildman–Crippen LogP) is 3.80. The molecule has 0 radical (unpaired) electrons. The monoisotopic (exact) mass is 296 g/mol. The summed E-state index contributed by atoms with van der Waals surface area (Å²) < 4.78 is 0. The molecule has 2 N–H and O–H groups in total. The van der Waals surface area contributed by atoms with Gasteiger partial charge in [0.05, 0.1) is 11.1 Å². The van der Waals surface area contributed by atoms with E-state index in [0.29, 0.717) is 17.0 Å². The maximum atomic E-state index is 12.7. The van der Waals surface area contributed by atoms with Gasteiger partial charge in [-0.05, 0) is 32.4 Å². The Balaban J connectivity index is 2.30. The summed E-state index contributed by atoms with van der Waals surface area (Å²) in [5, 5.41) is 15.1. The van der Waals surface area contributed by atoms with Crippen LogP contribution in [-0.2, 0) is 10.2 Å². The van der Waals surface area contributed by atoms with E-state index in [-0.39, 0.29) is 5.91 Å². The SMILES string of the molecule is C/C(=N\O)c1ccccc1NC(=O)C(C)(C)c1ccccc1. The Hall–Kier alpha value is -2.62. The number of nitrogens with one attached hydrogen (secondary N) is 1. The number of amides is 1. The van der Waals surface area contributed by atoms with Crippen molar-refractivity contribution in [1.82, 2.24) is 0 Å². The average molecular weight is 296 g/mol. The molecule has 22 heavy (non-hydrogen) atoms. The topological polar surface area (TPSA) is 61.7 Å². The summed E-state index contributed by atoms with van der Waals surface area (Å²) in [6.07, 6.45) is 0. The lowest BCUT2D eigenvalue weighted by Gasteiger charge is -2.24. The van der Waals surface area contributed by atoms with Crippen LogP contribution in [0.5, 0.6) is 0 Å². The molecule has 0 fully saturated rings. The molecule has 2 aromatic rings. The average Bonchev–Trinajstić information content (AvgIpc) is 2.55. The Labute approximate surface area is 130 Å². The van der Waals surface area contributed by atoms with Crippen LogP contribution in [0.4, 0.5) is 5.69 Å². The van der Waals surface area contributed by atoms with Crippen molar-refractivity contribution in [2.75, 3.05) is 5.32 Å². The molecule has 0 saturated carbocycles. The molecule has 2 rings (SSSR count). The second kappa shape index (κ2) is 6.43. The van der Waals surface area contributed by atoms with Crippen LogP contribution < -0.4 is 5.32 Å². The Morgan fingerprint density at radius 2 is 1.64 bits per heavy atom. The number of carbonyl (C=O) groups is 1. The van der Waals surface area contributed by atoms with Crippen LogP contribution in [0.1, 0.15) is 31.9 Å². The van der Waals surface area contributed by atoms with Crippen molar-refractivity contribution in [3.63, 3.8) is 0 Å². The van der Waals surface area contributed by atoms with Crippen molar-refractivity contribution in [3.05, 3.63) is 65.7 Å². The largest absolute Gasteiger partial charge is 0.411 e. The first-order valence-corrected chi connectivity index (χ1v) is 7.12. The van der Waals surface area contributed by atoms with Crippen LogP contribution in [0.15, 0.2) is 59.8 Å². The standard InChI is InChI=1S/C18H20N2O2/c1-13(20-22)15-11-7-8-12-16(15)19-17(21)18(2,3)14-9-5-4-6-10-14/h4-12,22H,1-3H3,(H,19,21)/b20-13+. The summed E-state index contributed by atoms with van der Waals surface area (Å²) in [5.41, 5.74) is 2.05. The molecule has 4 nitrogen and oxygen atoms in total. The lowest BCUT2D eigenvalue weighted by Crippen LogP contribution is -2.35. The molecule has 0 aliphatic carbocycles. The first-order valence-electron chi connectivity index (χ1n) is 7.12. The van der Waals surface area contributed by atoms with Gasteiger partial charge in [0.25, 0.3) is 0 Å². The molecule has 2 aromatic carbocycles. The van der Waals surface area contributed by atoms with E-state index in [2.05, 4.69) is 10.5 Å². The van der Waals surface area contributed by atoms with E-state index in [1.54, 1.807) is 19.1 Å². The summed E-state index contributed by atoms with van der Waals surface area (Å²) in [6.45, 7) is 5.45. The summed E-state index contributed by atoms with van der Waals surface area (Å²) in [4.78, 5) is 12.7. The summed E-state index contributed by atoms with van der Waals surface area (Å²) in [6, 6.07) is 16.9. The molecule has 0 saturated heterocycles. The quantitative estimate of drug-likeness (QED) is 0.512. The van der Waals surface area contributed by atoms with Gasteiger partial charge in [-0.1, -0.05) is 53.7 Å². The van der Waals surface area contributed by atoms with E-state index in [1.165, 1.54) is 0 Å². The van der Waals surface area contributed by atoms with Crippen LogP contribution in [0.25, 0.3) is 0 Å². The molecule has 1 amide bonds. The molecule has 114 valence electrons. The zero-order chi connectivity index (χ0) is 16.2. The van der Waals surface area contributed by atoms with Gasteiger partial charge in [-0.25, -0.2) is 0 Å². The number of anilines is 1. The van der Waals surface area contributed by atoms with Crippen LogP contribution >= 0.6 is 0 Å². The first-order chi connectivity index (χ1) is 10.5. The van der Waals surface area contributed by atoms with Gasteiger partial charge in [-0.3, -0.25) is 4.79 Å². The van der Waals surface area contributed by atoms with Crippen LogP contribution in [0.3, 0.4) is 0 Å². The predicted molar refractivity (Wildman–Crippen MR) is 88.5 cm³/mol. The van der Waals surface area contributed by atoms with E-state index in [9.17, 15) is 4.79 Å². The second-order valence-corrected chi connectivity index (χ2v) is 5.68. The number of para-hydroxylation sites is 1. The molecular weight excluding hydrogens is 276 g/mol. The lowest BCUT2D eigenvalue weighted by atomic mass is 9.83. The van der Waals surface area contributed by atoms with E-state index < -0.39 is 5.41 Å². The third-order valence-electron chi connectivity index (χ3n) is 3.78. The van der Waals surface area contributed by atoms with Crippen molar-refractivity contribution in [2.45, 2.75) is 26.2 Å². The fraction of sp³-hybridized carbons (Fsp3) is 0.222. The minimum Gasteiger partial charge on any atom is -0.411 e. The van der Waals surface area contributed by atoms with Crippen LogP contribution in [0, 0.1) is 0 Å². The molecule has 0 aliphatic heterocycles. The number of nitrogens with zero attached hydrogens (tertiary/aromatic N) is 1. The molecule has 0 aliphatic rings. The van der Waals surface area contributed by atoms with Gasteiger partial charge in [0, 0.05) is 11.3 Å². The number of carbonyl (C=O) groups excluding carboxylic acids is 1. The fourth-order valence-corrected chi connectivity index (χ4v) is 2.23. The molecule has 0 atom stereocenters. The Kier molecular flexibility index (Phi) is 4.61. The van der Waals surface area contributed by atoms with Crippen LogP contribution in [-0.4, -0.2) is 16.8 Å². The molecule has 0 spiro atoms. The minimum atomic E-state index is -0.668. The zero-order valence-corrected chi connectivity index (χ0v) is 13.0. The van der Waals surface area contributed by atoms with Crippen molar-refractivity contribution in [1.29, 1.82) is 0 Å². The van der Waals surface area contributed by atoms with Gasteiger partial charge in [-0.2, -0.15) is 0 Å². The third-order valence-corrected chi connectivity index (χ3v) is 3.78. The summed E-state index contributed by atoms with van der Waals surface area (Å²) >= 11 is 0. The van der Waals surface area contributed by atoms with Crippen molar-refractivity contribution >= 4 is 17.3 Å². The van der Waals surface area contributed by atoms with E-state index in [1.807, 2.05) is 56.3 Å². The summed E-state index contributed by atoms with van der Waals surface area (Å²) in [5.74, 6) is -0.114. The minimum absolute atomic E-state index is 0.114. The Bertz CT molecular complexity index is 691. The first kappa shape index (κ1) is 15.8. The molecule has 0 unspecified atom stereocenters. The second-order valence-electron chi connectivity index (χ2n) is 5.68. The van der Waals surface area contributed by atoms with Gasteiger partial charge in [0.1, 0.15) is 0 Å².